The Morgan fingerprint density at radius 1 is 1.00 bits per heavy atom. The topological polar surface area (TPSA) is 41.7 Å². The lowest BCUT2D eigenvalue weighted by atomic mass is 10.3. The fourth-order valence-corrected chi connectivity index (χ4v) is 2.50. The molecule has 0 amide bonds. The quantitative estimate of drug-likeness (QED) is 0.831. The second-order valence-electron chi connectivity index (χ2n) is 5.13. The first-order valence-electron chi connectivity index (χ1n) is 7.31. The summed E-state index contributed by atoms with van der Waals surface area (Å²) in [4.78, 5) is 4.94. The maximum Gasteiger partial charge on any atom is 0.119 e. The lowest BCUT2D eigenvalue weighted by Crippen LogP contribution is -2.47. The summed E-state index contributed by atoms with van der Waals surface area (Å²) >= 11 is 5.84. The van der Waals surface area contributed by atoms with Gasteiger partial charge in [-0.2, -0.15) is 0 Å². The number of hydrogen-bond donors (Lipinski definition) is 1. The third-order valence-electron chi connectivity index (χ3n) is 3.63. The molecule has 1 fully saturated rings. The number of ether oxygens (including phenoxy) is 1. The van der Waals surface area contributed by atoms with Crippen LogP contribution in [-0.2, 0) is 0 Å². The number of rotatable bonds is 7. The molecular weight excluding hydrogens is 274 g/mol. The molecule has 0 spiro atoms. The van der Waals surface area contributed by atoms with Gasteiger partial charge < -0.3 is 15.4 Å². The fraction of sp³-hybridized carbons (Fsp3) is 0.600. The molecule has 0 atom stereocenters. The van der Waals surface area contributed by atoms with E-state index in [-0.39, 0.29) is 0 Å². The highest BCUT2D eigenvalue weighted by molar-refractivity contribution is 6.30. The van der Waals surface area contributed by atoms with E-state index in [1.165, 1.54) is 0 Å². The summed E-state index contributed by atoms with van der Waals surface area (Å²) in [6.07, 6.45) is 1.10. The Hall–Kier alpha value is -0.810. The van der Waals surface area contributed by atoms with Crippen molar-refractivity contribution in [2.45, 2.75) is 6.42 Å². The standard InChI is InChI=1S/C15H24ClN3O/c16-14-2-4-15(5-3-14)20-13-12-19-10-8-18(9-11-19)7-1-6-17/h2-5H,1,6-13,17H2. The van der Waals surface area contributed by atoms with Crippen LogP contribution in [0.5, 0.6) is 5.75 Å². The lowest BCUT2D eigenvalue weighted by molar-refractivity contribution is 0.116. The van der Waals surface area contributed by atoms with Crippen LogP contribution in [0.15, 0.2) is 24.3 Å². The van der Waals surface area contributed by atoms with Crippen molar-refractivity contribution in [3.8, 4) is 5.75 Å². The molecule has 1 aliphatic rings. The summed E-state index contributed by atoms with van der Waals surface area (Å²) in [5.41, 5.74) is 5.54. The van der Waals surface area contributed by atoms with Gasteiger partial charge in [0.25, 0.3) is 0 Å². The first kappa shape index (κ1) is 15.6. The van der Waals surface area contributed by atoms with Crippen LogP contribution in [-0.4, -0.2) is 62.2 Å². The molecule has 1 aromatic carbocycles. The monoisotopic (exact) mass is 297 g/mol. The molecule has 0 aliphatic carbocycles. The van der Waals surface area contributed by atoms with Crippen LogP contribution in [0.4, 0.5) is 0 Å². The van der Waals surface area contributed by atoms with Gasteiger partial charge in [0, 0.05) is 37.7 Å². The van der Waals surface area contributed by atoms with Crippen molar-refractivity contribution in [3.63, 3.8) is 0 Å². The second-order valence-corrected chi connectivity index (χ2v) is 5.56. The van der Waals surface area contributed by atoms with Crippen molar-refractivity contribution >= 4 is 11.6 Å². The Balaban J connectivity index is 1.60. The van der Waals surface area contributed by atoms with E-state index in [2.05, 4.69) is 9.80 Å². The summed E-state index contributed by atoms with van der Waals surface area (Å²) in [6.45, 7) is 8.14. The van der Waals surface area contributed by atoms with E-state index in [9.17, 15) is 0 Å². The molecule has 0 unspecified atom stereocenters. The number of hydrogen-bond acceptors (Lipinski definition) is 4. The van der Waals surface area contributed by atoms with Gasteiger partial charge in [0.1, 0.15) is 12.4 Å². The largest absolute Gasteiger partial charge is 0.492 e. The molecule has 0 bridgehead atoms. The molecule has 1 saturated heterocycles. The number of nitrogens with zero attached hydrogens (tertiary/aromatic N) is 2. The van der Waals surface area contributed by atoms with Crippen molar-refractivity contribution in [3.05, 3.63) is 29.3 Å². The Morgan fingerprint density at radius 3 is 2.20 bits per heavy atom. The number of halogens is 1. The highest BCUT2D eigenvalue weighted by atomic mass is 35.5. The number of nitrogens with two attached hydrogens (primary N) is 1. The smallest absolute Gasteiger partial charge is 0.119 e. The first-order valence-corrected chi connectivity index (χ1v) is 7.69. The Labute approximate surface area is 126 Å². The van der Waals surface area contributed by atoms with Gasteiger partial charge in [-0.3, -0.25) is 4.90 Å². The van der Waals surface area contributed by atoms with Gasteiger partial charge in [0.05, 0.1) is 0 Å². The minimum absolute atomic E-state index is 0.727. The summed E-state index contributed by atoms with van der Waals surface area (Å²) in [5.74, 6) is 0.885. The summed E-state index contributed by atoms with van der Waals surface area (Å²) in [7, 11) is 0. The molecule has 5 heteroatoms. The Bertz CT molecular complexity index is 377. The third-order valence-corrected chi connectivity index (χ3v) is 3.89. The molecule has 0 radical (unpaired) electrons. The number of benzene rings is 1. The van der Waals surface area contributed by atoms with Gasteiger partial charge in [-0.25, -0.2) is 0 Å². The molecule has 1 aliphatic heterocycles. The molecule has 2 N–H and O–H groups in total. The van der Waals surface area contributed by atoms with Gasteiger partial charge in [-0.15, -0.1) is 0 Å². The van der Waals surface area contributed by atoms with Crippen LogP contribution in [0.2, 0.25) is 5.02 Å². The first-order chi connectivity index (χ1) is 9.78. The normalized spacial score (nSPS) is 17.3. The Kier molecular flexibility index (Phi) is 6.60. The SMILES string of the molecule is NCCCN1CCN(CCOc2ccc(Cl)cc2)CC1. The predicted molar refractivity (Wildman–Crippen MR) is 83.5 cm³/mol. The molecule has 0 saturated carbocycles. The minimum atomic E-state index is 0.727. The van der Waals surface area contributed by atoms with Crippen LogP contribution in [0.1, 0.15) is 6.42 Å². The zero-order valence-electron chi connectivity index (χ0n) is 11.9. The highest BCUT2D eigenvalue weighted by Crippen LogP contribution is 2.15. The molecule has 4 nitrogen and oxygen atoms in total. The molecule has 0 aromatic heterocycles. The molecule has 1 aromatic rings. The van der Waals surface area contributed by atoms with E-state index in [1.54, 1.807) is 0 Å². The second kappa shape index (κ2) is 8.47. The lowest BCUT2D eigenvalue weighted by Gasteiger charge is -2.34. The summed E-state index contributed by atoms with van der Waals surface area (Å²) in [6, 6.07) is 7.53. The molecule has 112 valence electrons. The minimum Gasteiger partial charge on any atom is -0.492 e. The molecule has 2 rings (SSSR count). The van der Waals surface area contributed by atoms with E-state index < -0.39 is 0 Å². The van der Waals surface area contributed by atoms with Crippen molar-refractivity contribution in [2.75, 3.05) is 52.4 Å². The molecule has 1 heterocycles. The highest BCUT2D eigenvalue weighted by Gasteiger charge is 2.15. The Morgan fingerprint density at radius 2 is 1.60 bits per heavy atom. The summed E-state index contributed by atoms with van der Waals surface area (Å²) in [5, 5.41) is 0.742. The molecular formula is C15H24ClN3O. The van der Waals surface area contributed by atoms with Crippen LogP contribution in [0.3, 0.4) is 0 Å². The number of piperazine rings is 1. The van der Waals surface area contributed by atoms with Crippen molar-refractivity contribution in [1.29, 1.82) is 0 Å². The van der Waals surface area contributed by atoms with Gasteiger partial charge in [-0.1, -0.05) is 11.6 Å². The van der Waals surface area contributed by atoms with Gasteiger partial charge >= 0.3 is 0 Å². The summed E-state index contributed by atoms with van der Waals surface area (Å²) < 4.78 is 5.73. The van der Waals surface area contributed by atoms with Gasteiger partial charge in [0.15, 0.2) is 0 Å². The van der Waals surface area contributed by atoms with E-state index in [0.717, 1.165) is 69.6 Å². The zero-order valence-corrected chi connectivity index (χ0v) is 12.7. The average molecular weight is 298 g/mol. The zero-order chi connectivity index (χ0) is 14.2. The average Bonchev–Trinajstić information content (AvgIpc) is 2.48. The van der Waals surface area contributed by atoms with Crippen LogP contribution < -0.4 is 10.5 Å². The maximum atomic E-state index is 5.84. The van der Waals surface area contributed by atoms with Crippen LogP contribution in [0, 0.1) is 0 Å². The maximum absolute atomic E-state index is 5.84. The van der Waals surface area contributed by atoms with Gasteiger partial charge in [0.2, 0.25) is 0 Å². The predicted octanol–water partition coefficient (Wildman–Crippen LogP) is 1.69. The van der Waals surface area contributed by atoms with Crippen molar-refractivity contribution < 1.29 is 4.74 Å². The van der Waals surface area contributed by atoms with E-state index in [0.29, 0.717) is 0 Å². The fourth-order valence-electron chi connectivity index (χ4n) is 2.37. The van der Waals surface area contributed by atoms with Crippen LogP contribution in [0.25, 0.3) is 0 Å². The van der Waals surface area contributed by atoms with Gasteiger partial charge in [-0.05, 0) is 43.8 Å². The van der Waals surface area contributed by atoms with Crippen molar-refractivity contribution in [2.24, 2.45) is 5.73 Å². The van der Waals surface area contributed by atoms with E-state index in [1.807, 2.05) is 24.3 Å². The van der Waals surface area contributed by atoms with Crippen molar-refractivity contribution in [1.82, 2.24) is 9.80 Å². The third kappa shape index (κ3) is 5.29. The van der Waals surface area contributed by atoms with Crippen LogP contribution >= 0.6 is 11.6 Å². The van der Waals surface area contributed by atoms with E-state index in [4.69, 9.17) is 22.1 Å². The van der Waals surface area contributed by atoms with E-state index >= 15 is 0 Å². The molecule has 20 heavy (non-hydrogen) atoms.